The molecule has 0 bridgehead atoms. The number of hydrogen-bond donors (Lipinski definition) is 1. The highest BCUT2D eigenvalue weighted by molar-refractivity contribution is 5.94. The van der Waals surface area contributed by atoms with Gasteiger partial charge in [-0.2, -0.15) is 18.3 Å². The third-order valence-electron chi connectivity index (χ3n) is 7.01. The second-order valence-electron chi connectivity index (χ2n) is 9.66. The number of benzene rings is 2. The number of amides is 1. The number of carbonyl (C=O) groups is 1. The molecule has 1 aliphatic rings. The molecule has 1 saturated heterocycles. The number of pyridine rings is 1. The van der Waals surface area contributed by atoms with Crippen molar-refractivity contribution < 1.29 is 22.7 Å². The summed E-state index contributed by atoms with van der Waals surface area (Å²) in [6.45, 7) is -1.30. The van der Waals surface area contributed by atoms with Crippen molar-refractivity contribution in [1.82, 2.24) is 29.2 Å². The number of aromatic nitrogens is 5. The molecule has 9 nitrogen and oxygen atoms in total. The first-order valence-corrected chi connectivity index (χ1v) is 12.9. The lowest BCUT2D eigenvalue weighted by molar-refractivity contribution is -0.138. The van der Waals surface area contributed by atoms with E-state index in [1.165, 1.54) is 9.13 Å². The molecule has 2 aromatic carbocycles. The largest absolute Gasteiger partial charge is 0.405 e. The van der Waals surface area contributed by atoms with Gasteiger partial charge < -0.3 is 10.1 Å². The van der Waals surface area contributed by atoms with E-state index >= 15 is 0 Å². The summed E-state index contributed by atoms with van der Waals surface area (Å²) in [5.74, 6) is -0.905. The zero-order valence-corrected chi connectivity index (χ0v) is 21.3. The van der Waals surface area contributed by atoms with Gasteiger partial charge in [-0.05, 0) is 49.1 Å². The normalized spacial score (nSPS) is 16.0. The van der Waals surface area contributed by atoms with Crippen molar-refractivity contribution in [3.63, 3.8) is 0 Å². The molecule has 1 atom stereocenters. The summed E-state index contributed by atoms with van der Waals surface area (Å²) >= 11 is 0. The predicted molar refractivity (Wildman–Crippen MR) is 142 cm³/mol. The van der Waals surface area contributed by atoms with E-state index in [1.54, 1.807) is 55.0 Å². The van der Waals surface area contributed by atoms with Gasteiger partial charge in [-0.25, -0.2) is 9.48 Å². The summed E-state index contributed by atoms with van der Waals surface area (Å²) in [4.78, 5) is 30.0. The number of ether oxygens (including phenoxy) is 1. The Bertz CT molecular complexity index is 1750. The fourth-order valence-corrected chi connectivity index (χ4v) is 5.13. The number of imidazole rings is 1. The second-order valence-corrected chi connectivity index (χ2v) is 9.66. The van der Waals surface area contributed by atoms with Crippen LogP contribution in [0.4, 0.5) is 13.2 Å². The molecule has 3 aromatic heterocycles. The molecular weight excluding hydrogens is 525 g/mol. The lowest BCUT2D eigenvalue weighted by Crippen LogP contribution is -2.37. The molecule has 1 N–H and O–H groups in total. The Morgan fingerprint density at radius 1 is 1.00 bits per heavy atom. The monoisotopic (exact) mass is 550 g/mol. The molecule has 40 heavy (non-hydrogen) atoms. The minimum Gasteiger partial charge on any atom is -0.356 e. The summed E-state index contributed by atoms with van der Waals surface area (Å²) in [6, 6.07) is 14.1. The van der Waals surface area contributed by atoms with Crippen molar-refractivity contribution in [1.29, 1.82) is 0 Å². The fourth-order valence-electron chi connectivity index (χ4n) is 5.13. The first kappa shape index (κ1) is 25.8. The third kappa shape index (κ3) is 4.86. The maximum absolute atomic E-state index is 13.4. The van der Waals surface area contributed by atoms with E-state index in [0.717, 1.165) is 41.3 Å². The van der Waals surface area contributed by atoms with Gasteiger partial charge in [0.05, 0.1) is 34.6 Å². The predicted octanol–water partition coefficient (Wildman–Crippen LogP) is 4.58. The van der Waals surface area contributed by atoms with Gasteiger partial charge in [0.25, 0.3) is 0 Å². The minimum absolute atomic E-state index is 0.120. The highest BCUT2D eigenvalue weighted by Gasteiger charge is 2.28. The number of carbonyl (C=O) groups excluding carboxylic acids is 1. The van der Waals surface area contributed by atoms with Gasteiger partial charge in [0.1, 0.15) is 13.1 Å². The maximum atomic E-state index is 13.4. The highest BCUT2D eigenvalue weighted by Crippen LogP contribution is 2.32. The SMILES string of the molecule is O=C(Cn1c(=O)n(-c2ccc(-c3cncc4c3cnn4C3CCCCO3)cc2)c2ccccc21)NCC(F)(F)F. The van der Waals surface area contributed by atoms with E-state index in [9.17, 15) is 22.8 Å². The lowest BCUT2D eigenvalue weighted by Gasteiger charge is -2.23. The van der Waals surface area contributed by atoms with Crippen LogP contribution in [-0.4, -0.2) is 49.1 Å². The molecule has 1 aliphatic heterocycles. The molecule has 0 radical (unpaired) electrons. The molecule has 206 valence electrons. The summed E-state index contributed by atoms with van der Waals surface area (Å²) < 4.78 is 48.0. The summed E-state index contributed by atoms with van der Waals surface area (Å²) in [6.07, 6.45) is 3.69. The molecule has 0 spiro atoms. The van der Waals surface area contributed by atoms with Crippen LogP contribution in [0.2, 0.25) is 0 Å². The Morgan fingerprint density at radius 2 is 1.77 bits per heavy atom. The summed E-state index contributed by atoms with van der Waals surface area (Å²) in [5, 5.41) is 7.33. The van der Waals surface area contributed by atoms with Crippen LogP contribution in [0.3, 0.4) is 0 Å². The Morgan fingerprint density at radius 3 is 2.50 bits per heavy atom. The molecule has 1 amide bonds. The Hall–Kier alpha value is -4.45. The highest BCUT2D eigenvalue weighted by atomic mass is 19.4. The van der Waals surface area contributed by atoms with Crippen molar-refractivity contribution in [3.8, 4) is 16.8 Å². The smallest absolute Gasteiger partial charge is 0.356 e. The van der Waals surface area contributed by atoms with Crippen molar-refractivity contribution >= 4 is 27.8 Å². The van der Waals surface area contributed by atoms with E-state index in [0.29, 0.717) is 23.3 Å². The average molecular weight is 551 g/mol. The Kier molecular flexibility index (Phi) is 6.62. The van der Waals surface area contributed by atoms with Gasteiger partial charge in [0.2, 0.25) is 5.91 Å². The molecule has 4 heterocycles. The van der Waals surface area contributed by atoms with Crippen LogP contribution in [0.25, 0.3) is 38.8 Å². The van der Waals surface area contributed by atoms with Crippen LogP contribution in [0.15, 0.2) is 71.9 Å². The van der Waals surface area contributed by atoms with Crippen molar-refractivity contribution in [2.24, 2.45) is 0 Å². The van der Waals surface area contributed by atoms with Crippen LogP contribution in [0.5, 0.6) is 0 Å². The molecule has 1 unspecified atom stereocenters. The van der Waals surface area contributed by atoms with E-state index < -0.39 is 30.9 Å². The van der Waals surface area contributed by atoms with E-state index in [-0.39, 0.29) is 6.23 Å². The third-order valence-corrected chi connectivity index (χ3v) is 7.01. The van der Waals surface area contributed by atoms with Gasteiger partial charge in [-0.1, -0.05) is 24.3 Å². The van der Waals surface area contributed by atoms with Gasteiger partial charge in [-0.15, -0.1) is 0 Å². The number of rotatable bonds is 6. The number of alkyl halides is 3. The fraction of sp³-hybridized carbons (Fsp3) is 0.286. The number of halogens is 3. The zero-order chi connectivity index (χ0) is 27.9. The number of nitrogens with zero attached hydrogens (tertiary/aromatic N) is 5. The zero-order valence-electron chi connectivity index (χ0n) is 21.3. The first-order chi connectivity index (χ1) is 19.3. The van der Waals surface area contributed by atoms with Crippen LogP contribution in [0.1, 0.15) is 25.5 Å². The van der Waals surface area contributed by atoms with Gasteiger partial charge in [-0.3, -0.25) is 18.9 Å². The first-order valence-electron chi connectivity index (χ1n) is 12.9. The van der Waals surface area contributed by atoms with Crippen molar-refractivity contribution in [2.75, 3.05) is 13.2 Å². The van der Waals surface area contributed by atoms with Crippen molar-refractivity contribution in [2.45, 2.75) is 38.2 Å². The van der Waals surface area contributed by atoms with E-state index in [4.69, 9.17) is 4.74 Å². The van der Waals surface area contributed by atoms with Crippen molar-refractivity contribution in [3.05, 3.63) is 77.6 Å². The van der Waals surface area contributed by atoms with Gasteiger partial charge in [0.15, 0.2) is 6.23 Å². The summed E-state index contributed by atoms with van der Waals surface area (Å²) in [5.41, 5.74) is 3.60. The topological polar surface area (TPSA) is 96.0 Å². The average Bonchev–Trinajstić information content (AvgIpc) is 3.51. The summed E-state index contributed by atoms with van der Waals surface area (Å²) in [7, 11) is 0. The Balaban J connectivity index is 1.33. The molecule has 6 rings (SSSR count). The molecule has 0 aliphatic carbocycles. The maximum Gasteiger partial charge on any atom is 0.405 e. The molecule has 0 saturated carbocycles. The van der Waals surface area contributed by atoms with Crippen LogP contribution < -0.4 is 11.0 Å². The lowest BCUT2D eigenvalue weighted by atomic mass is 10.0. The van der Waals surface area contributed by atoms with Crippen LogP contribution >= 0.6 is 0 Å². The van der Waals surface area contributed by atoms with E-state index in [2.05, 4.69) is 10.1 Å². The molecule has 12 heteroatoms. The number of hydrogen-bond acceptors (Lipinski definition) is 5. The minimum atomic E-state index is -4.54. The second kappa shape index (κ2) is 10.3. The molecule has 5 aromatic rings. The molecule has 1 fully saturated rings. The van der Waals surface area contributed by atoms with E-state index in [1.807, 2.05) is 22.1 Å². The van der Waals surface area contributed by atoms with Crippen LogP contribution in [-0.2, 0) is 16.1 Å². The number of fused-ring (bicyclic) bond motifs is 2. The number of para-hydroxylation sites is 2. The standard InChI is InChI=1S/C28H25F3N6O3/c29-28(30,31)17-33-25(38)16-35-22-5-1-2-6-23(22)36(27(35)39)19-10-8-18(9-11-19)20-13-32-15-24-21(20)14-34-37(24)26-7-3-4-12-40-26/h1-2,5-6,8-11,13-15,26H,3-4,7,12,16-17H2,(H,33,38). The van der Waals surface area contributed by atoms with Gasteiger partial charge >= 0.3 is 11.9 Å². The van der Waals surface area contributed by atoms with Gasteiger partial charge in [0, 0.05) is 23.8 Å². The van der Waals surface area contributed by atoms with Crippen LogP contribution in [0, 0.1) is 0 Å². The Labute approximate surface area is 225 Å². The molecular formula is C28H25F3N6O3. The quantitative estimate of drug-likeness (QED) is 0.334. The number of nitrogens with one attached hydrogen (secondary N) is 1.